The Labute approximate surface area is 159 Å². The Bertz CT molecular complexity index is 571. The molecule has 2 aliphatic heterocycles. The first-order chi connectivity index (χ1) is 12.2. The summed E-state index contributed by atoms with van der Waals surface area (Å²) in [6.07, 6.45) is 3.17. The Morgan fingerprint density at radius 2 is 2.04 bits per heavy atom. The molecule has 0 saturated carbocycles. The SMILES string of the molecule is CCNC(=NCC1CCCOC1C(C)(C)C)NCCN1CCCS1(=O)=O. The van der Waals surface area contributed by atoms with Crippen LogP contribution < -0.4 is 10.6 Å². The fourth-order valence-corrected chi connectivity index (χ4v) is 5.31. The van der Waals surface area contributed by atoms with Crippen LogP contribution in [0.2, 0.25) is 0 Å². The monoisotopic (exact) mass is 388 g/mol. The lowest BCUT2D eigenvalue weighted by Gasteiger charge is -2.39. The molecule has 0 spiro atoms. The molecule has 2 unspecified atom stereocenters. The Hall–Kier alpha value is -0.860. The Morgan fingerprint density at radius 3 is 2.65 bits per heavy atom. The topological polar surface area (TPSA) is 83.0 Å². The lowest BCUT2D eigenvalue weighted by Crippen LogP contribution is -2.44. The molecule has 2 N–H and O–H groups in total. The van der Waals surface area contributed by atoms with Crippen LogP contribution in [0.25, 0.3) is 0 Å². The summed E-state index contributed by atoms with van der Waals surface area (Å²) in [6.45, 7) is 12.7. The van der Waals surface area contributed by atoms with Crippen LogP contribution in [-0.4, -0.2) is 69.9 Å². The zero-order valence-electron chi connectivity index (χ0n) is 16.8. The molecule has 26 heavy (non-hydrogen) atoms. The summed E-state index contributed by atoms with van der Waals surface area (Å²) in [6, 6.07) is 0. The van der Waals surface area contributed by atoms with Crippen LogP contribution >= 0.6 is 0 Å². The van der Waals surface area contributed by atoms with Crippen molar-refractivity contribution in [3.8, 4) is 0 Å². The zero-order chi connectivity index (χ0) is 19.2. The molecule has 0 amide bonds. The summed E-state index contributed by atoms with van der Waals surface area (Å²) in [5, 5.41) is 6.52. The van der Waals surface area contributed by atoms with Crippen LogP contribution in [0.5, 0.6) is 0 Å². The molecular formula is C18H36N4O3S. The smallest absolute Gasteiger partial charge is 0.214 e. The average Bonchev–Trinajstić information content (AvgIpc) is 2.90. The molecule has 0 bridgehead atoms. The Morgan fingerprint density at radius 1 is 1.27 bits per heavy atom. The fraction of sp³-hybridized carbons (Fsp3) is 0.944. The van der Waals surface area contributed by atoms with Gasteiger partial charge >= 0.3 is 0 Å². The van der Waals surface area contributed by atoms with Crippen molar-refractivity contribution in [3.05, 3.63) is 0 Å². The second-order valence-corrected chi connectivity index (χ2v) is 10.4. The molecule has 0 aromatic heterocycles. The highest BCUT2D eigenvalue weighted by Gasteiger charge is 2.35. The van der Waals surface area contributed by atoms with Gasteiger partial charge in [-0.1, -0.05) is 20.8 Å². The van der Waals surface area contributed by atoms with Crippen molar-refractivity contribution >= 4 is 16.0 Å². The van der Waals surface area contributed by atoms with Crippen LogP contribution in [0.15, 0.2) is 4.99 Å². The maximum atomic E-state index is 11.9. The van der Waals surface area contributed by atoms with Gasteiger partial charge in [0.15, 0.2) is 5.96 Å². The molecular weight excluding hydrogens is 352 g/mol. The van der Waals surface area contributed by atoms with Gasteiger partial charge in [0.25, 0.3) is 0 Å². The predicted molar refractivity (Wildman–Crippen MR) is 106 cm³/mol. The largest absolute Gasteiger partial charge is 0.377 e. The number of aliphatic imine (C=N–C) groups is 1. The van der Waals surface area contributed by atoms with Crippen molar-refractivity contribution in [2.45, 2.75) is 53.1 Å². The van der Waals surface area contributed by atoms with Crippen molar-refractivity contribution in [2.24, 2.45) is 16.3 Å². The number of sulfonamides is 1. The van der Waals surface area contributed by atoms with Crippen molar-refractivity contribution in [2.75, 3.05) is 45.1 Å². The summed E-state index contributed by atoms with van der Waals surface area (Å²) in [5.74, 6) is 1.44. The van der Waals surface area contributed by atoms with Crippen LogP contribution in [0.4, 0.5) is 0 Å². The number of ether oxygens (including phenoxy) is 1. The van der Waals surface area contributed by atoms with Crippen molar-refractivity contribution in [1.82, 2.24) is 14.9 Å². The third-order valence-corrected chi connectivity index (χ3v) is 6.94. The molecule has 8 heteroatoms. The summed E-state index contributed by atoms with van der Waals surface area (Å²) in [4.78, 5) is 4.75. The Kier molecular flexibility index (Phi) is 7.73. The number of hydrogen-bond acceptors (Lipinski definition) is 4. The van der Waals surface area contributed by atoms with E-state index < -0.39 is 10.0 Å². The van der Waals surface area contributed by atoms with Gasteiger partial charge in [0.05, 0.1) is 11.9 Å². The summed E-state index contributed by atoms with van der Waals surface area (Å²) in [7, 11) is -3.03. The van der Waals surface area contributed by atoms with E-state index in [2.05, 4.69) is 31.4 Å². The normalized spacial score (nSPS) is 27.5. The number of guanidine groups is 1. The second-order valence-electron chi connectivity index (χ2n) is 8.27. The molecule has 2 heterocycles. The van der Waals surface area contributed by atoms with E-state index in [1.165, 1.54) is 0 Å². The zero-order valence-corrected chi connectivity index (χ0v) is 17.6. The first-order valence-corrected chi connectivity index (χ1v) is 11.5. The molecule has 2 aliphatic rings. The number of rotatable bonds is 6. The molecule has 0 radical (unpaired) electrons. The van der Waals surface area contributed by atoms with Crippen LogP contribution in [0.3, 0.4) is 0 Å². The predicted octanol–water partition coefficient (Wildman–Crippen LogP) is 1.42. The quantitative estimate of drug-likeness (QED) is 0.531. The van der Waals surface area contributed by atoms with E-state index in [4.69, 9.17) is 9.73 Å². The van der Waals surface area contributed by atoms with E-state index in [1.54, 1.807) is 4.31 Å². The minimum Gasteiger partial charge on any atom is -0.377 e. The maximum absolute atomic E-state index is 11.9. The first-order valence-electron chi connectivity index (χ1n) is 9.85. The van der Waals surface area contributed by atoms with E-state index in [9.17, 15) is 8.42 Å². The standard InChI is InChI=1S/C18H36N4O3S/c1-5-19-17(20-9-11-22-10-7-13-26(22,23)24)21-14-15-8-6-12-25-16(15)18(2,3)4/h15-16H,5-14H2,1-4H3,(H2,19,20,21). The molecule has 0 aliphatic carbocycles. The molecule has 2 atom stereocenters. The van der Waals surface area contributed by atoms with Gasteiger partial charge in [-0.25, -0.2) is 12.7 Å². The minimum atomic E-state index is -3.03. The van der Waals surface area contributed by atoms with Crippen molar-refractivity contribution in [3.63, 3.8) is 0 Å². The highest BCUT2D eigenvalue weighted by molar-refractivity contribution is 7.89. The van der Waals surface area contributed by atoms with Gasteiger partial charge in [0.2, 0.25) is 10.0 Å². The summed E-state index contributed by atoms with van der Waals surface area (Å²) < 4.78 is 31.3. The molecule has 0 aromatic rings. The number of nitrogens with zero attached hydrogens (tertiary/aromatic N) is 2. The van der Waals surface area contributed by atoms with E-state index in [-0.39, 0.29) is 17.3 Å². The second kappa shape index (κ2) is 9.37. The van der Waals surface area contributed by atoms with Gasteiger partial charge in [0.1, 0.15) is 0 Å². The van der Waals surface area contributed by atoms with Crippen LogP contribution in [0, 0.1) is 11.3 Å². The highest BCUT2D eigenvalue weighted by atomic mass is 32.2. The molecule has 7 nitrogen and oxygen atoms in total. The van der Waals surface area contributed by atoms with Gasteiger partial charge in [-0.3, -0.25) is 4.99 Å². The molecule has 2 saturated heterocycles. The van der Waals surface area contributed by atoms with E-state index in [0.717, 1.165) is 44.9 Å². The van der Waals surface area contributed by atoms with Gasteiger partial charge in [0, 0.05) is 45.2 Å². The maximum Gasteiger partial charge on any atom is 0.214 e. The summed E-state index contributed by atoms with van der Waals surface area (Å²) >= 11 is 0. The van der Waals surface area contributed by atoms with Gasteiger partial charge in [-0.05, 0) is 31.6 Å². The van der Waals surface area contributed by atoms with Gasteiger partial charge in [-0.15, -0.1) is 0 Å². The number of nitrogens with one attached hydrogen (secondary N) is 2. The van der Waals surface area contributed by atoms with E-state index >= 15 is 0 Å². The summed E-state index contributed by atoms with van der Waals surface area (Å²) in [5.41, 5.74) is 0.108. The minimum absolute atomic E-state index is 0.108. The Balaban J connectivity index is 1.89. The molecule has 2 rings (SSSR count). The lowest BCUT2D eigenvalue weighted by atomic mass is 9.78. The van der Waals surface area contributed by atoms with E-state index in [1.807, 2.05) is 6.92 Å². The molecule has 152 valence electrons. The first kappa shape index (κ1) is 21.4. The number of hydrogen-bond donors (Lipinski definition) is 2. The van der Waals surface area contributed by atoms with Crippen molar-refractivity contribution < 1.29 is 13.2 Å². The average molecular weight is 389 g/mol. The molecule has 2 fully saturated rings. The highest BCUT2D eigenvalue weighted by Crippen LogP contribution is 2.34. The third-order valence-electron chi connectivity index (χ3n) is 4.98. The van der Waals surface area contributed by atoms with Gasteiger partial charge < -0.3 is 15.4 Å². The van der Waals surface area contributed by atoms with E-state index in [0.29, 0.717) is 25.6 Å². The lowest BCUT2D eigenvalue weighted by molar-refractivity contribution is -0.0823. The van der Waals surface area contributed by atoms with Crippen LogP contribution in [0.1, 0.15) is 47.0 Å². The molecule has 0 aromatic carbocycles. The van der Waals surface area contributed by atoms with Crippen LogP contribution in [-0.2, 0) is 14.8 Å². The fourth-order valence-electron chi connectivity index (χ4n) is 3.78. The van der Waals surface area contributed by atoms with Gasteiger partial charge in [-0.2, -0.15) is 0 Å². The van der Waals surface area contributed by atoms with Crippen molar-refractivity contribution in [1.29, 1.82) is 0 Å². The third kappa shape index (κ3) is 6.09.